The minimum absolute atomic E-state index is 0.215. The minimum Gasteiger partial charge on any atom is -0.408 e. The van der Waals surface area contributed by atoms with Crippen molar-refractivity contribution in [3.8, 4) is 0 Å². The fourth-order valence-electron chi connectivity index (χ4n) is 3.91. The van der Waals surface area contributed by atoms with Crippen molar-refractivity contribution in [2.24, 2.45) is 0 Å². The average molecular weight is 409 g/mol. The second-order valence-corrected chi connectivity index (χ2v) is 8.00. The number of rotatable bonds is 6. The van der Waals surface area contributed by atoms with Crippen molar-refractivity contribution in [3.63, 3.8) is 0 Å². The molecule has 2 heterocycles. The van der Waals surface area contributed by atoms with Crippen LogP contribution in [0.15, 0.2) is 57.7 Å². The summed E-state index contributed by atoms with van der Waals surface area (Å²) in [5, 5.41) is 2.95. The molecule has 1 aliphatic rings. The van der Waals surface area contributed by atoms with Crippen LogP contribution in [0.25, 0.3) is 11.1 Å². The molecule has 0 radical (unpaired) electrons. The number of hydrogen-bond donors (Lipinski definition) is 1. The summed E-state index contributed by atoms with van der Waals surface area (Å²) in [6.45, 7) is 7.38. The van der Waals surface area contributed by atoms with Gasteiger partial charge in [-0.1, -0.05) is 36.4 Å². The molecule has 7 heteroatoms. The predicted molar refractivity (Wildman–Crippen MR) is 116 cm³/mol. The molecule has 30 heavy (non-hydrogen) atoms. The number of piperazine rings is 1. The largest absolute Gasteiger partial charge is 0.420 e. The Labute approximate surface area is 175 Å². The van der Waals surface area contributed by atoms with Crippen molar-refractivity contribution < 1.29 is 9.21 Å². The molecule has 1 aliphatic heterocycles. The summed E-state index contributed by atoms with van der Waals surface area (Å²) in [6.07, 6.45) is 0. The fourth-order valence-corrected chi connectivity index (χ4v) is 3.91. The Kier molecular flexibility index (Phi) is 6.01. The van der Waals surface area contributed by atoms with E-state index in [9.17, 15) is 9.59 Å². The van der Waals surface area contributed by atoms with E-state index in [1.165, 1.54) is 10.1 Å². The molecule has 4 rings (SSSR count). The predicted octanol–water partition coefficient (Wildman–Crippen LogP) is 2.22. The molecule has 3 aromatic rings. The molecule has 1 N–H and O–H groups in total. The van der Waals surface area contributed by atoms with Crippen LogP contribution in [0.2, 0.25) is 0 Å². The summed E-state index contributed by atoms with van der Waals surface area (Å²) in [5.41, 5.74) is 3.40. The summed E-state index contributed by atoms with van der Waals surface area (Å²) < 4.78 is 6.64. The molecule has 1 fully saturated rings. The van der Waals surface area contributed by atoms with E-state index in [1.807, 2.05) is 18.2 Å². The van der Waals surface area contributed by atoms with E-state index < -0.39 is 11.8 Å². The maximum absolute atomic E-state index is 12.7. The van der Waals surface area contributed by atoms with Gasteiger partial charge in [0.2, 0.25) is 5.91 Å². The van der Waals surface area contributed by atoms with E-state index in [4.69, 9.17) is 4.42 Å². The normalized spacial score (nSPS) is 16.6. The summed E-state index contributed by atoms with van der Waals surface area (Å²) >= 11 is 0. The van der Waals surface area contributed by atoms with Crippen molar-refractivity contribution in [2.75, 3.05) is 33.2 Å². The smallest absolute Gasteiger partial charge is 0.408 e. The Bertz CT molecular complexity index is 1080. The molecule has 1 saturated heterocycles. The van der Waals surface area contributed by atoms with E-state index in [0.717, 1.165) is 38.3 Å². The van der Waals surface area contributed by atoms with E-state index >= 15 is 0 Å². The van der Waals surface area contributed by atoms with Crippen LogP contribution in [-0.2, 0) is 17.9 Å². The number of fused-ring (bicyclic) bond motifs is 1. The highest BCUT2D eigenvalue weighted by atomic mass is 16.4. The zero-order valence-corrected chi connectivity index (χ0v) is 17.5. The monoisotopic (exact) mass is 408 g/mol. The fraction of sp³-hybridized carbons (Fsp3) is 0.391. The van der Waals surface area contributed by atoms with Gasteiger partial charge >= 0.3 is 5.76 Å². The van der Waals surface area contributed by atoms with E-state index in [1.54, 1.807) is 25.1 Å². The second kappa shape index (κ2) is 8.85. The average Bonchev–Trinajstić information content (AvgIpc) is 3.09. The van der Waals surface area contributed by atoms with Crippen molar-refractivity contribution in [2.45, 2.75) is 26.1 Å². The number of amides is 1. The van der Waals surface area contributed by atoms with Gasteiger partial charge in [-0.2, -0.15) is 0 Å². The van der Waals surface area contributed by atoms with E-state index in [2.05, 4.69) is 34.3 Å². The van der Waals surface area contributed by atoms with Crippen LogP contribution in [-0.4, -0.2) is 53.5 Å². The number of nitrogens with one attached hydrogen (secondary N) is 1. The lowest BCUT2D eigenvalue weighted by atomic mass is 10.1. The Morgan fingerprint density at radius 2 is 1.80 bits per heavy atom. The molecule has 158 valence electrons. The number of oxazole rings is 1. The molecular formula is C23H28N4O3. The Morgan fingerprint density at radius 1 is 1.07 bits per heavy atom. The Morgan fingerprint density at radius 3 is 2.60 bits per heavy atom. The van der Waals surface area contributed by atoms with Crippen molar-refractivity contribution >= 4 is 17.0 Å². The van der Waals surface area contributed by atoms with Crippen LogP contribution in [0.1, 0.15) is 24.1 Å². The molecule has 0 spiro atoms. The second-order valence-electron chi connectivity index (χ2n) is 8.00. The first kappa shape index (κ1) is 20.4. The molecule has 1 aromatic heterocycles. The topological polar surface area (TPSA) is 70.7 Å². The Balaban J connectivity index is 1.39. The van der Waals surface area contributed by atoms with Gasteiger partial charge in [-0.3, -0.25) is 14.3 Å². The third-order valence-electron chi connectivity index (χ3n) is 5.75. The lowest BCUT2D eigenvalue weighted by Crippen LogP contribution is -2.43. The van der Waals surface area contributed by atoms with Crippen LogP contribution in [0.4, 0.5) is 0 Å². The number of carbonyl (C=O) groups excluding carboxylic acids is 1. The number of hydrogen-bond acceptors (Lipinski definition) is 5. The first-order chi connectivity index (χ1) is 14.5. The minimum atomic E-state index is -0.658. The molecule has 1 amide bonds. The summed E-state index contributed by atoms with van der Waals surface area (Å²) in [6, 6.07) is 14.8. The lowest BCUT2D eigenvalue weighted by Gasteiger charge is -2.32. The lowest BCUT2D eigenvalue weighted by molar-refractivity contribution is -0.124. The molecule has 1 unspecified atom stereocenters. The van der Waals surface area contributed by atoms with Crippen LogP contribution in [0, 0.1) is 0 Å². The number of likely N-dealkylation sites (N-methyl/N-ethyl adjacent to an activating group) is 1. The van der Waals surface area contributed by atoms with Gasteiger partial charge in [0, 0.05) is 39.3 Å². The van der Waals surface area contributed by atoms with Crippen LogP contribution in [0.3, 0.4) is 0 Å². The first-order valence-electron chi connectivity index (χ1n) is 10.4. The van der Waals surface area contributed by atoms with Gasteiger partial charge in [0.15, 0.2) is 5.58 Å². The highest BCUT2D eigenvalue weighted by Gasteiger charge is 2.21. The molecule has 0 saturated carbocycles. The van der Waals surface area contributed by atoms with Crippen molar-refractivity contribution in [1.82, 2.24) is 19.7 Å². The van der Waals surface area contributed by atoms with Crippen molar-refractivity contribution in [1.29, 1.82) is 0 Å². The third kappa shape index (κ3) is 4.47. The van der Waals surface area contributed by atoms with Crippen LogP contribution in [0.5, 0.6) is 0 Å². The number of carbonyl (C=O) groups is 1. The first-order valence-corrected chi connectivity index (χ1v) is 10.4. The van der Waals surface area contributed by atoms with Gasteiger partial charge in [-0.25, -0.2) is 4.79 Å². The summed E-state index contributed by atoms with van der Waals surface area (Å²) in [5.74, 6) is -0.735. The molecule has 1 atom stereocenters. The van der Waals surface area contributed by atoms with Gasteiger partial charge in [0.25, 0.3) is 0 Å². The molecular weight excluding hydrogens is 380 g/mol. The zero-order valence-electron chi connectivity index (χ0n) is 17.5. The highest BCUT2D eigenvalue weighted by Crippen LogP contribution is 2.17. The number of aromatic nitrogens is 1. The van der Waals surface area contributed by atoms with Gasteiger partial charge in [-0.05, 0) is 37.2 Å². The van der Waals surface area contributed by atoms with E-state index in [-0.39, 0.29) is 5.91 Å². The zero-order chi connectivity index (χ0) is 21.1. The summed E-state index contributed by atoms with van der Waals surface area (Å²) in [4.78, 5) is 29.7. The van der Waals surface area contributed by atoms with Crippen molar-refractivity contribution in [3.05, 3.63) is 70.2 Å². The molecule has 2 aromatic carbocycles. The molecule has 0 bridgehead atoms. The quantitative estimate of drug-likeness (QED) is 0.677. The standard InChI is InChI=1S/C23H28N4O3/c1-17(27-20-8-3-4-9-21(20)30-23(27)29)22(28)24-15-18-6-5-7-19(14-18)16-26-12-10-25(2)11-13-26/h3-9,14,17H,10-13,15-16H2,1-2H3,(H,24,28). The van der Waals surface area contributed by atoms with Gasteiger partial charge in [0.05, 0.1) is 5.52 Å². The van der Waals surface area contributed by atoms with Crippen LogP contribution >= 0.6 is 0 Å². The van der Waals surface area contributed by atoms with Gasteiger partial charge in [0.1, 0.15) is 6.04 Å². The SMILES string of the molecule is CC(C(=O)NCc1cccc(CN2CCN(C)CC2)c1)n1c(=O)oc2ccccc21. The van der Waals surface area contributed by atoms with E-state index in [0.29, 0.717) is 17.6 Å². The number of para-hydroxylation sites is 2. The van der Waals surface area contributed by atoms with Crippen LogP contribution < -0.4 is 11.1 Å². The number of benzene rings is 2. The molecule has 0 aliphatic carbocycles. The molecule has 7 nitrogen and oxygen atoms in total. The Hall–Kier alpha value is -2.90. The maximum atomic E-state index is 12.7. The highest BCUT2D eigenvalue weighted by molar-refractivity contribution is 5.82. The number of nitrogens with zero attached hydrogens (tertiary/aromatic N) is 3. The van der Waals surface area contributed by atoms with Gasteiger partial charge in [-0.15, -0.1) is 0 Å². The maximum Gasteiger partial charge on any atom is 0.420 e. The summed E-state index contributed by atoms with van der Waals surface area (Å²) in [7, 11) is 2.15. The van der Waals surface area contributed by atoms with Gasteiger partial charge < -0.3 is 14.6 Å². The third-order valence-corrected chi connectivity index (χ3v) is 5.75.